The van der Waals surface area contributed by atoms with Gasteiger partial charge in [-0.1, -0.05) is 22.0 Å². The highest BCUT2D eigenvalue weighted by molar-refractivity contribution is 9.10. The minimum absolute atomic E-state index is 0.0972. The van der Waals surface area contributed by atoms with Crippen molar-refractivity contribution in [1.82, 2.24) is 0 Å². The van der Waals surface area contributed by atoms with Crippen LogP contribution in [-0.4, -0.2) is 13.0 Å². The molecule has 0 heterocycles. The second-order valence-corrected chi connectivity index (χ2v) is 4.66. The van der Waals surface area contributed by atoms with E-state index in [1.54, 1.807) is 6.07 Å². The molecule has 0 atom stereocenters. The predicted molar refractivity (Wildman–Crippen MR) is 48.7 cm³/mol. The lowest BCUT2D eigenvalue weighted by Gasteiger charge is -1.99. The summed E-state index contributed by atoms with van der Waals surface area (Å²) in [5, 5.41) is 0. The molecule has 0 aromatic heterocycles. The summed E-state index contributed by atoms with van der Waals surface area (Å²) in [5.74, 6) is 0. The Hall–Kier alpha value is -0.390. The van der Waals surface area contributed by atoms with Gasteiger partial charge < -0.3 is 0 Å². The lowest BCUT2D eigenvalue weighted by atomic mass is 10.2. The van der Waals surface area contributed by atoms with Crippen LogP contribution in [0.3, 0.4) is 0 Å². The van der Waals surface area contributed by atoms with Gasteiger partial charge in [0.2, 0.25) is 0 Å². The van der Waals surface area contributed by atoms with Crippen molar-refractivity contribution in [2.24, 2.45) is 0 Å². The van der Waals surface area contributed by atoms with E-state index in [1.165, 1.54) is 12.1 Å². The molecule has 0 saturated heterocycles. The van der Waals surface area contributed by atoms with Crippen LogP contribution in [0, 0.1) is 6.92 Å². The van der Waals surface area contributed by atoms with Gasteiger partial charge >= 0.3 is 0 Å². The van der Waals surface area contributed by atoms with Crippen molar-refractivity contribution in [2.75, 3.05) is 0 Å². The molecule has 1 N–H and O–H groups in total. The van der Waals surface area contributed by atoms with Gasteiger partial charge in [-0.3, -0.25) is 4.55 Å². The molecule has 3 nitrogen and oxygen atoms in total. The van der Waals surface area contributed by atoms with E-state index >= 15 is 0 Å². The fraction of sp³-hybridized carbons (Fsp3) is 0.143. The average molecular weight is 251 g/mol. The zero-order valence-electron chi connectivity index (χ0n) is 6.28. The summed E-state index contributed by atoms with van der Waals surface area (Å²) >= 11 is 3.16. The second-order valence-electron chi connectivity index (χ2n) is 2.39. The number of aryl methyl sites for hydroxylation is 1. The van der Waals surface area contributed by atoms with E-state index < -0.39 is 10.1 Å². The van der Waals surface area contributed by atoms with Crippen molar-refractivity contribution in [3.05, 3.63) is 28.2 Å². The number of benzene rings is 1. The zero-order chi connectivity index (χ0) is 9.35. The largest absolute Gasteiger partial charge is 0.294 e. The van der Waals surface area contributed by atoms with Gasteiger partial charge in [0, 0.05) is 4.47 Å². The first-order valence-corrected chi connectivity index (χ1v) is 5.38. The summed E-state index contributed by atoms with van der Waals surface area (Å²) < 4.78 is 30.6. The predicted octanol–water partition coefficient (Wildman–Crippen LogP) is 2.00. The van der Waals surface area contributed by atoms with Gasteiger partial charge in [-0.15, -0.1) is 0 Å². The highest BCUT2D eigenvalue weighted by Crippen LogP contribution is 2.19. The number of hydrogen-bond donors (Lipinski definition) is 1. The van der Waals surface area contributed by atoms with Crippen LogP contribution in [0.25, 0.3) is 0 Å². The smallest absolute Gasteiger partial charge is 0.282 e. The summed E-state index contributed by atoms with van der Waals surface area (Å²) in [4.78, 5) is -0.0972. The Bertz CT molecular complexity index is 397. The van der Waals surface area contributed by atoms with Crippen LogP contribution in [0.4, 0.5) is 0 Å². The number of rotatable bonds is 1. The summed E-state index contributed by atoms with van der Waals surface area (Å²) in [6.07, 6.45) is 0. The molecular weight excluding hydrogens is 244 g/mol. The van der Waals surface area contributed by atoms with E-state index in [4.69, 9.17) is 4.55 Å². The summed E-state index contributed by atoms with van der Waals surface area (Å²) in [7, 11) is -4.07. The molecule has 1 aromatic rings. The lowest BCUT2D eigenvalue weighted by Crippen LogP contribution is -1.97. The molecular formula is C7H7BrO3S. The summed E-state index contributed by atoms with van der Waals surface area (Å²) in [5.41, 5.74) is 0.919. The van der Waals surface area contributed by atoms with Crippen LogP contribution in [0.2, 0.25) is 0 Å². The third kappa shape index (κ3) is 2.06. The third-order valence-electron chi connectivity index (χ3n) is 1.44. The molecule has 0 aliphatic rings. The Kier molecular flexibility index (Phi) is 2.55. The molecule has 1 aromatic carbocycles. The molecule has 0 spiro atoms. The van der Waals surface area contributed by atoms with E-state index in [2.05, 4.69) is 15.9 Å². The number of halogens is 1. The van der Waals surface area contributed by atoms with Gasteiger partial charge in [-0.25, -0.2) is 0 Å². The molecule has 0 amide bonds. The normalized spacial score (nSPS) is 11.6. The lowest BCUT2D eigenvalue weighted by molar-refractivity contribution is 0.483. The molecule has 12 heavy (non-hydrogen) atoms. The highest BCUT2D eigenvalue weighted by atomic mass is 79.9. The van der Waals surface area contributed by atoms with Crippen molar-refractivity contribution in [3.63, 3.8) is 0 Å². The molecule has 5 heteroatoms. The Morgan fingerprint density at radius 2 is 2.00 bits per heavy atom. The quantitative estimate of drug-likeness (QED) is 0.776. The molecule has 0 bridgehead atoms. The van der Waals surface area contributed by atoms with Crippen LogP contribution in [0.1, 0.15) is 5.56 Å². The van der Waals surface area contributed by atoms with E-state index in [0.29, 0.717) is 4.47 Å². The fourth-order valence-electron chi connectivity index (χ4n) is 0.734. The summed E-state index contributed by atoms with van der Waals surface area (Å²) in [6, 6.07) is 4.34. The van der Waals surface area contributed by atoms with Crippen molar-refractivity contribution in [1.29, 1.82) is 0 Å². The van der Waals surface area contributed by atoms with E-state index in [0.717, 1.165) is 5.56 Å². The Morgan fingerprint density at radius 3 is 2.42 bits per heavy atom. The second kappa shape index (κ2) is 3.16. The minimum atomic E-state index is -4.07. The van der Waals surface area contributed by atoms with Crippen LogP contribution < -0.4 is 0 Å². The maximum Gasteiger partial charge on any atom is 0.294 e. The topological polar surface area (TPSA) is 54.4 Å². The van der Waals surface area contributed by atoms with Gasteiger partial charge in [0.05, 0.1) is 4.90 Å². The highest BCUT2D eigenvalue weighted by Gasteiger charge is 2.09. The van der Waals surface area contributed by atoms with Gasteiger partial charge in [0.1, 0.15) is 0 Å². The summed E-state index contributed by atoms with van der Waals surface area (Å²) in [6.45, 7) is 1.83. The Balaban J connectivity index is 3.33. The fourth-order valence-corrected chi connectivity index (χ4v) is 1.77. The van der Waals surface area contributed by atoms with Crippen LogP contribution in [-0.2, 0) is 10.1 Å². The van der Waals surface area contributed by atoms with Crippen LogP contribution >= 0.6 is 15.9 Å². The molecule has 66 valence electrons. The van der Waals surface area contributed by atoms with E-state index in [-0.39, 0.29) is 4.90 Å². The maximum absolute atomic E-state index is 10.6. The Morgan fingerprint density at radius 1 is 1.42 bits per heavy atom. The van der Waals surface area contributed by atoms with Crippen molar-refractivity contribution < 1.29 is 13.0 Å². The minimum Gasteiger partial charge on any atom is -0.282 e. The van der Waals surface area contributed by atoms with Gasteiger partial charge in [-0.05, 0) is 24.6 Å². The molecule has 0 radical (unpaired) electrons. The van der Waals surface area contributed by atoms with Crippen molar-refractivity contribution in [2.45, 2.75) is 11.8 Å². The monoisotopic (exact) mass is 250 g/mol. The van der Waals surface area contributed by atoms with Crippen molar-refractivity contribution >= 4 is 26.0 Å². The standard InChI is InChI=1S/C7H7BrO3S/c1-5-2-3-6(4-7(5)8)12(9,10)11/h2-4H,1H3,(H,9,10,11). The van der Waals surface area contributed by atoms with Crippen LogP contribution in [0.5, 0.6) is 0 Å². The Labute approximate surface area is 79.3 Å². The zero-order valence-corrected chi connectivity index (χ0v) is 8.68. The van der Waals surface area contributed by atoms with Gasteiger partial charge in [0.25, 0.3) is 10.1 Å². The first kappa shape index (κ1) is 9.70. The molecule has 0 aliphatic carbocycles. The third-order valence-corrected chi connectivity index (χ3v) is 3.15. The van der Waals surface area contributed by atoms with Crippen LogP contribution in [0.15, 0.2) is 27.6 Å². The SMILES string of the molecule is Cc1ccc(S(=O)(=O)O)cc1Br. The first-order valence-electron chi connectivity index (χ1n) is 3.15. The number of hydrogen-bond acceptors (Lipinski definition) is 2. The molecule has 0 saturated carbocycles. The molecule has 0 fully saturated rings. The maximum atomic E-state index is 10.6. The van der Waals surface area contributed by atoms with Crippen molar-refractivity contribution in [3.8, 4) is 0 Å². The molecule has 0 unspecified atom stereocenters. The van der Waals surface area contributed by atoms with E-state index in [1.807, 2.05) is 6.92 Å². The average Bonchev–Trinajstić information content (AvgIpc) is 1.92. The van der Waals surface area contributed by atoms with E-state index in [9.17, 15) is 8.42 Å². The molecule has 1 rings (SSSR count). The van der Waals surface area contributed by atoms with Gasteiger partial charge in [-0.2, -0.15) is 8.42 Å². The first-order chi connectivity index (χ1) is 5.41. The van der Waals surface area contributed by atoms with Gasteiger partial charge in [0.15, 0.2) is 0 Å². The molecule has 0 aliphatic heterocycles.